The van der Waals surface area contributed by atoms with Crippen LogP contribution in [-0.2, 0) is 6.18 Å². The van der Waals surface area contributed by atoms with Crippen LogP contribution in [0, 0.1) is 11.8 Å². The Morgan fingerprint density at radius 1 is 1.20 bits per heavy atom. The summed E-state index contributed by atoms with van der Waals surface area (Å²) < 4.78 is 42.1. The van der Waals surface area contributed by atoms with Crippen LogP contribution in [-0.4, -0.2) is 32.5 Å². The highest BCUT2D eigenvalue weighted by atomic mass is 19.4. The predicted molar refractivity (Wildman–Crippen MR) is 109 cm³/mol. The zero-order valence-electron chi connectivity index (χ0n) is 17.0. The van der Waals surface area contributed by atoms with Crippen molar-refractivity contribution in [3.05, 3.63) is 23.5 Å². The Balaban J connectivity index is 1.51. The van der Waals surface area contributed by atoms with E-state index in [1.807, 2.05) is 6.07 Å². The number of alkyl halides is 3. The minimum atomic E-state index is -4.48. The zero-order valence-corrected chi connectivity index (χ0v) is 17.0. The largest absolute Gasteiger partial charge is 0.421 e. The van der Waals surface area contributed by atoms with E-state index < -0.39 is 11.7 Å². The molecule has 0 aromatic carbocycles. The Morgan fingerprint density at radius 2 is 1.90 bits per heavy atom. The molecule has 2 aromatic heterocycles. The number of halogens is 3. The summed E-state index contributed by atoms with van der Waals surface area (Å²) in [4.78, 5) is 8.96. The van der Waals surface area contributed by atoms with Crippen LogP contribution in [0.25, 0.3) is 5.65 Å². The summed E-state index contributed by atoms with van der Waals surface area (Å²) in [6.07, 6.45) is 3.58. The first-order chi connectivity index (χ1) is 14.3. The van der Waals surface area contributed by atoms with Gasteiger partial charge in [0.05, 0.1) is 23.8 Å². The molecular weight excluding hydrogens is 393 g/mol. The number of fused-ring (bicyclic) bond motifs is 1. The first-order valence-electron chi connectivity index (χ1n) is 10.8. The van der Waals surface area contributed by atoms with Gasteiger partial charge in [-0.15, -0.1) is 0 Å². The number of hydrogen-bond donors (Lipinski definition) is 2. The Labute approximate surface area is 173 Å². The van der Waals surface area contributed by atoms with Gasteiger partial charge in [0, 0.05) is 18.0 Å². The second-order valence-electron chi connectivity index (χ2n) is 9.14. The Kier molecular flexibility index (Phi) is 4.67. The van der Waals surface area contributed by atoms with E-state index >= 15 is 0 Å². The van der Waals surface area contributed by atoms with Gasteiger partial charge in [-0.2, -0.15) is 22.8 Å². The highest BCUT2D eigenvalue weighted by Gasteiger charge is 2.44. The van der Waals surface area contributed by atoms with Crippen LogP contribution >= 0.6 is 0 Å². The molecule has 3 aliphatic rings. The standard InChI is InChI=1S/C21H27F3N6/c1-11(25)27-14-6-7-15(8-14)28-18-9-17(19(12-2-3-12)13-4-5-13)29-20-16(21(22,23)24)10-26-30(18)20/h9-10,12-15,19,28H,2-8H2,1H3,(H2,25,27)/t14-,15-/m0/s1. The summed E-state index contributed by atoms with van der Waals surface area (Å²) >= 11 is 0. The van der Waals surface area contributed by atoms with Crippen LogP contribution in [0.15, 0.2) is 17.3 Å². The molecule has 3 fully saturated rings. The fraction of sp³-hybridized carbons (Fsp3) is 0.667. The number of nitrogens with one attached hydrogen (secondary N) is 1. The van der Waals surface area contributed by atoms with Crippen LogP contribution in [0.3, 0.4) is 0 Å². The molecule has 0 bridgehead atoms. The van der Waals surface area contributed by atoms with E-state index in [0.717, 1.165) is 56.8 Å². The highest BCUT2D eigenvalue weighted by molar-refractivity contribution is 5.77. The second-order valence-corrected chi connectivity index (χ2v) is 9.14. The summed E-state index contributed by atoms with van der Waals surface area (Å²) in [5, 5.41) is 7.49. The molecule has 0 amide bonds. The van der Waals surface area contributed by atoms with Gasteiger partial charge in [0.2, 0.25) is 0 Å². The Morgan fingerprint density at radius 3 is 2.50 bits per heavy atom. The third-order valence-electron chi connectivity index (χ3n) is 6.54. The molecule has 0 unspecified atom stereocenters. The average Bonchev–Trinajstić information content (AvgIpc) is 3.57. The molecule has 30 heavy (non-hydrogen) atoms. The van der Waals surface area contributed by atoms with Gasteiger partial charge in [-0.25, -0.2) is 4.98 Å². The molecule has 0 spiro atoms. The van der Waals surface area contributed by atoms with E-state index in [-0.39, 0.29) is 23.6 Å². The molecule has 2 aromatic rings. The lowest BCUT2D eigenvalue weighted by Crippen LogP contribution is -2.20. The lowest BCUT2D eigenvalue weighted by Gasteiger charge is -2.20. The SMILES string of the molecule is CC(N)=N[C@H]1CC[C@H](Nc2cc(C(C3CC3)C3CC3)nc3c(C(F)(F)F)cnn23)C1. The van der Waals surface area contributed by atoms with Crippen molar-refractivity contribution in [3.63, 3.8) is 0 Å². The summed E-state index contributed by atoms with van der Waals surface area (Å²) in [5.74, 6) is 2.52. The van der Waals surface area contributed by atoms with Crippen LogP contribution in [0.4, 0.5) is 19.0 Å². The topological polar surface area (TPSA) is 80.6 Å². The molecule has 0 radical (unpaired) electrons. The van der Waals surface area contributed by atoms with Gasteiger partial charge in [0.1, 0.15) is 11.4 Å². The average molecular weight is 420 g/mol. The van der Waals surface area contributed by atoms with E-state index in [2.05, 4.69) is 20.4 Å². The molecule has 2 atom stereocenters. The van der Waals surface area contributed by atoms with Gasteiger partial charge >= 0.3 is 6.18 Å². The van der Waals surface area contributed by atoms with Crippen molar-refractivity contribution >= 4 is 17.3 Å². The molecule has 162 valence electrons. The van der Waals surface area contributed by atoms with Crippen LogP contribution in [0.2, 0.25) is 0 Å². The van der Waals surface area contributed by atoms with Crippen molar-refractivity contribution in [1.29, 1.82) is 0 Å². The molecular formula is C21H27F3N6. The van der Waals surface area contributed by atoms with Crippen LogP contribution < -0.4 is 11.1 Å². The fourth-order valence-corrected chi connectivity index (χ4v) is 4.94. The number of anilines is 1. The second kappa shape index (κ2) is 7.13. The molecule has 3 saturated carbocycles. The summed E-state index contributed by atoms with van der Waals surface area (Å²) in [5.41, 5.74) is 5.62. The maximum Gasteiger partial charge on any atom is 0.421 e. The fourth-order valence-electron chi connectivity index (χ4n) is 4.94. The molecule has 0 saturated heterocycles. The van der Waals surface area contributed by atoms with E-state index in [0.29, 0.717) is 23.5 Å². The molecule has 3 aliphatic carbocycles. The quantitative estimate of drug-likeness (QED) is 0.537. The number of rotatable bonds is 6. The third kappa shape index (κ3) is 3.86. The van der Waals surface area contributed by atoms with Gasteiger partial charge in [0.15, 0.2) is 5.65 Å². The monoisotopic (exact) mass is 420 g/mol. The van der Waals surface area contributed by atoms with Crippen LogP contribution in [0.1, 0.15) is 69.0 Å². The van der Waals surface area contributed by atoms with Crippen molar-refractivity contribution in [2.75, 3.05) is 5.32 Å². The number of aromatic nitrogens is 3. The summed E-state index contributed by atoms with van der Waals surface area (Å²) in [6.45, 7) is 1.78. The molecule has 0 aliphatic heterocycles. The molecule has 6 nitrogen and oxygen atoms in total. The number of amidine groups is 1. The number of aliphatic imine (C=N–C) groups is 1. The Hall–Kier alpha value is -2.32. The lowest BCUT2D eigenvalue weighted by atomic mass is 9.93. The molecule has 3 N–H and O–H groups in total. The maximum absolute atomic E-state index is 13.6. The minimum absolute atomic E-state index is 0.0980. The Bertz CT molecular complexity index is 957. The van der Waals surface area contributed by atoms with E-state index in [4.69, 9.17) is 5.73 Å². The van der Waals surface area contributed by atoms with Crippen molar-refractivity contribution in [3.8, 4) is 0 Å². The highest BCUT2D eigenvalue weighted by Crippen LogP contribution is 2.54. The van der Waals surface area contributed by atoms with E-state index in [1.54, 1.807) is 6.92 Å². The van der Waals surface area contributed by atoms with E-state index in [1.165, 1.54) is 4.52 Å². The minimum Gasteiger partial charge on any atom is -0.388 e. The van der Waals surface area contributed by atoms with Gasteiger partial charge in [-0.1, -0.05) is 0 Å². The summed E-state index contributed by atoms with van der Waals surface area (Å²) in [7, 11) is 0. The molecule has 2 heterocycles. The third-order valence-corrected chi connectivity index (χ3v) is 6.54. The van der Waals surface area contributed by atoms with Gasteiger partial charge in [0.25, 0.3) is 0 Å². The lowest BCUT2D eigenvalue weighted by molar-refractivity contribution is -0.136. The molecule has 9 heteroatoms. The van der Waals surface area contributed by atoms with Crippen LogP contribution in [0.5, 0.6) is 0 Å². The van der Waals surface area contributed by atoms with Crippen molar-refractivity contribution in [2.24, 2.45) is 22.6 Å². The normalized spacial score (nSPS) is 25.4. The van der Waals surface area contributed by atoms with Gasteiger partial charge in [-0.3, -0.25) is 4.99 Å². The van der Waals surface area contributed by atoms with Crippen molar-refractivity contribution < 1.29 is 13.2 Å². The molecule has 5 rings (SSSR count). The van der Waals surface area contributed by atoms with Crippen molar-refractivity contribution in [1.82, 2.24) is 14.6 Å². The zero-order chi connectivity index (χ0) is 21.0. The number of nitrogens with zero attached hydrogens (tertiary/aromatic N) is 4. The smallest absolute Gasteiger partial charge is 0.388 e. The maximum atomic E-state index is 13.6. The number of nitrogens with two attached hydrogens (primary N) is 1. The number of hydrogen-bond acceptors (Lipinski definition) is 4. The first kappa shape index (κ1) is 19.6. The van der Waals surface area contributed by atoms with E-state index in [9.17, 15) is 13.2 Å². The van der Waals surface area contributed by atoms with Gasteiger partial charge < -0.3 is 11.1 Å². The summed E-state index contributed by atoms with van der Waals surface area (Å²) in [6, 6.07) is 2.21. The first-order valence-corrected chi connectivity index (χ1v) is 10.8. The van der Waals surface area contributed by atoms with Gasteiger partial charge in [-0.05, 0) is 63.7 Å². The predicted octanol–water partition coefficient (Wildman–Crippen LogP) is 4.36. The van der Waals surface area contributed by atoms with Crippen molar-refractivity contribution in [2.45, 2.75) is 76.0 Å².